The van der Waals surface area contributed by atoms with Crippen LogP contribution in [0.3, 0.4) is 0 Å². The van der Waals surface area contributed by atoms with Gasteiger partial charge in [0.2, 0.25) is 5.91 Å². The lowest BCUT2D eigenvalue weighted by Gasteiger charge is -2.26. The summed E-state index contributed by atoms with van der Waals surface area (Å²) in [6.07, 6.45) is 2.90. The summed E-state index contributed by atoms with van der Waals surface area (Å²) in [5.41, 5.74) is -0.352. The normalized spacial score (nSPS) is 14.7. The summed E-state index contributed by atoms with van der Waals surface area (Å²) >= 11 is 6.12. The van der Waals surface area contributed by atoms with Gasteiger partial charge in [-0.05, 0) is 61.7 Å². The van der Waals surface area contributed by atoms with Gasteiger partial charge in [0, 0.05) is 18.1 Å². The molecule has 1 amide bonds. The Morgan fingerprint density at radius 3 is 2.35 bits per heavy atom. The highest BCUT2D eigenvalue weighted by Gasteiger charge is 2.27. The van der Waals surface area contributed by atoms with E-state index in [1.807, 2.05) is 0 Å². The van der Waals surface area contributed by atoms with Crippen LogP contribution in [0.5, 0.6) is 5.75 Å². The van der Waals surface area contributed by atoms with E-state index in [1.165, 1.54) is 54.1 Å². The molecule has 2 aromatic carbocycles. The molecule has 8 nitrogen and oxygen atoms in total. The molecule has 2 heterocycles. The second-order valence-corrected chi connectivity index (χ2v) is 9.61. The van der Waals surface area contributed by atoms with Crippen LogP contribution in [0.4, 0.5) is 0 Å². The van der Waals surface area contributed by atoms with Crippen molar-refractivity contribution in [3.05, 3.63) is 58.0 Å². The zero-order chi connectivity index (χ0) is 22.2. The summed E-state index contributed by atoms with van der Waals surface area (Å²) in [4.78, 5) is 27.7. The van der Waals surface area contributed by atoms with Crippen LogP contribution in [-0.4, -0.2) is 48.0 Å². The Bertz CT molecular complexity index is 1290. The molecule has 0 unspecified atom stereocenters. The number of rotatable bonds is 5. The molecule has 1 aliphatic rings. The van der Waals surface area contributed by atoms with Crippen molar-refractivity contribution >= 4 is 38.6 Å². The molecule has 0 atom stereocenters. The van der Waals surface area contributed by atoms with Crippen LogP contribution in [0.2, 0.25) is 5.02 Å². The van der Waals surface area contributed by atoms with Gasteiger partial charge in [0.15, 0.2) is 0 Å². The van der Waals surface area contributed by atoms with Gasteiger partial charge in [-0.2, -0.15) is 3.97 Å². The van der Waals surface area contributed by atoms with E-state index >= 15 is 0 Å². The van der Waals surface area contributed by atoms with Crippen LogP contribution >= 0.6 is 11.6 Å². The van der Waals surface area contributed by atoms with E-state index in [4.69, 9.17) is 16.3 Å². The summed E-state index contributed by atoms with van der Waals surface area (Å²) in [7, 11) is -2.74. The Morgan fingerprint density at radius 1 is 1.03 bits per heavy atom. The molecular formula is C21H22ClN3O5S. The number of hydrogen-bond donors (Lipinski definition) is 0. The van der Waals surface area contributed by atoms with Crippen molar-refractivity contribution in [1.29, 1.82) is 0 Å². The van der Waals surface area contributed by atoms with Crippen LogP contribution in [-0.2, 0) is 21.4 Å². The molecule has 0 aliphatic carbocycles. The van der Waals surface area contributed by atoms with E-state index in [0.717, 1.165) is 23.2 Å². The first kappa shape index (κ1) is 21.5. The van der Waals surface area contributed by atoms with Gasteiger partial charge >= 0.3 is 5.69 Å². The van der Waals surface area contributed by atoms with Gasteiger partial charge in [-0.25, -0.2) is 13.2 Å². The van der Waals surface area contributed by atoms with E-state index in [9.17, 15) is 18.0 Å². The Morgan fingerprint density at radius 2 is 1.71 bits per heavy atom. The number of ether oxygens (including phenoxy) is 1. The van der Waals surface area contributed by atoms with E-state index in [0.29, 0.717) is 29.4 Å². The lowest BCUT2D eigenvalue weighted by molar-refractivity contribution is -0.132. The first-order valence-corrected chi connectivity index (χ1v) is 11.7. The van der Waals surface area contributed by atoms with Gasteiger partial charge in [0.25, 0.3) is 10.0 Å². The predicted octanol–water partition coefficient (Wildman–Crippen LogP) is 2.71. The number of likely N-dealkylation sites (tertiary alicyclic amines) is 1. The van der Waals surface area contributed by atoms with Crippen molar-refractivity contribution in [2.24, 2.45) is 0 Å². The molecule has 3 aromatic rings. The number of halogens is 1. The molecule has 1 aromatic heterocycles. The minimum Gasteiger partial charge on any atom is -0.497 e. The van der Waals surface area contributed by atoms with E-state index in [-0.39, 0.29) is 22.9 Å². The Labute approximate surface area is 184 Å². The van der Waals surface area contributed by atoms with Crippen LogP contribution in [0.25, 0.3) is 11.0 Å². The standard InChI is InChI=1S/C21H22ClN3O5S/c1-30-16-6-8-17(9-7-16)31(28,29)25-18-10-5-15(22)13-19(18)24(21(25)27)14-20(26)23-11-3-2-4-12-23/h5-10,13H,2-4,11-12,14H2,1H3. The molecular weight excluding hydrogens is 442 g/mol. The fourth-order valence-electron chi connectivity index (χ4n) is 3.82. The van der Waals surface area contributed by atoms with Gasteiger partial charge in [-0.15, -0.1) is 0 Å². The van der Waals surface area contributed by atoms with Crippen molar-refractivity contribution in [2.45, 2.75) is 30.7 Å². The number of methoxy groups -OCH3 is 1. The van der Waals surface area contributed by atoms with Gasteiger partial charge in [-0.3, -0.25) is 9.36 Å². The summed E-state index contributed by atoms with van der Waals surface area (Å²) < 4.78 is 33.7. The second kappa shape index (κ2) is 8.39. The largest absolute Gasteiger partial charge is 0.497 e. The van der Waals surface area contributed by atoms with E-state index < -0.39 is 15.7 Å². The highest BCUT2D eigenvalue weighted by Crippen LogP contribution is 2.24. The lowest BCUT2D eigenvalue weighted by atomic mass is 10.1. The molecule has 0 N–H and O–H groups in total. The van der Waals surface area contributed by atoms with Crippen molar-refractivity contribution in [3.63, 3.8) is 0 Å². The van der Waals surface area contributed by atoms with Crippen molar-refractivity contribution < 1.29 is 17.9 Å². The fourth-order valence-corrected chi connectivity index (χ4v) is 5.39. The lowest BCUT2D eigenvalue weighted by Crippen LogP contribution is -2.40. The number of hydrogen-bond acceptors (Lipinski definition) is 5. The summed E-state index contributed by atoms with van der Waals surface area (Å²) in [6, 6.07) is 10.3. The van der Waals surface area contributed by atoms with Gasteiger partial charge in [-0.1, -0.05) is 11.6 Å². The third-order valence-electron chi connectivity index (χ3n) is 5.45. The molecule has 0 radical (unpaired) electrons. The number of nitrogens with zero attached hydrogens (tertiary/aromatic N) is 3. The van der Waals surface area contributed by atoms with Gasteiger partial charge in [0.05, 0.1) is 23.0 Å². The maximum Gasteiger partial charge on any atom is 0.343 e. The van der Waals surface area contributed by atoms with Gasteiger partial charge < -0.3 is 9.64 Å². The third-order valence-corrected chi connectivity index (χ3v) is 7.39. The number of benzene rings is 2. The van der Waals surface area contributed by atoms with Crippen molar-refractivity contribution in [3.8, 4) is 5.75 Å². The molecule has 4 rings (SSSR count). The molecule has 0 spiro atoms. The topological polar surface area (TPSA) is 90.6 Å². The molecule has 164 valence electrons. The third kappa shape index (κ3) is 3.95. The van der Waals surface area contributed by atoms with Crippen molar-refractivity contribution in [1.82, 2.24) is 13.4 Å². The van der Waals surface area contributed by atoms with Crippen LogP contribution in [0, 0.1) is 0 Å². The number of carbonyl (C=O) groups excluding carboxylic acids is 1. The maximum atomic E-state index is 13.3. The average molecular weight is 464 g/mol. The molecule has 1 saturated heterocycles. The quantitative estimate of drug-likeness (QED) is 0.580. The molecule has 31 heavy (non-hydrogen) atoms. The molecule has 0 saturated carbocycles. The average Bonchev–Trinajstić information content (AvgIpc) is 3.05. The smallest absolute Gasteiger partial charge is 0.343 e. The highest BCUT2D eigenvalue weighted by atomic mass is 35.5. The number of aromatic nitrogens is 2. The summed E-state index contributed by atoms with van der Waals surface area (Å²) in [5, 5.41) is 0.339. The van der Waals surface area contributed by atoms with Crippen LogP contribution in [0.1, 0.15) is 19.3 Å². The van der Waals surface area contributed by atoms with Gasteiger partial charge in [0.1, 0.15) is 12.3 Å². The number of fused-ring (bicyclic) bond motifs is 1. The zero-order valence-electron chi connectivity index (χ0n) is 17.0. The molecule has 1 aliphatic heterocycles. The second-order valence-electron chi connectivity index (χ2n) is 7.39. The summed E-state index contributed by atoms with van der Waals surface area (Å²) in [5.74, 6) is 0.273. The number of carbonyl (C=O) groups is 1. The Balaban J connectivity index is 1.83. The van der Waals surface area contributed by atoms with E-state index in [1.54, 1.807) is 4.90 Å². The fraction of sp³-hybridized carbons (Fsp3) is 0.333. The number of amides is 1. The minimum atomic E-state index is -4.21. The number of piperidine rings is 1. The van der Waals surface area contributed by atoms with Crippen molar-refractivity contribution in [2.75, 3.05) is 20.2 Å². The zero-order valence-corrected chi connectivity index (χ0v) is 18.5. The first-order valence-electron chi connectivity index (χ1n) is 9.91. The summed E-state index contributed by atoms with van der Waals surface area (Å²) in [6.45, 7) is 1.02. The molecule has 10 heteroatoms. The molecule has 1 fully saturated rings. The number of imidazole rings is 1. The maximum absolute atomic E-state index is 13.3. The Hall–Kier alpha value is -2.78. The van der Waals surface area contributed by atoms with Crippen LogP contribution in [0.15, 0.2) is 52.2 Å². The monoisotopic (exact) mass is 463 g/mol. The predicted molar refractivity (Wildman–Crippen MR) is 117 cm³/mol. The molecule has 0 bridgehead atoms. The highest BCUT2D eigenvalue weighted by molar-refractivity contribution is 7.90. The minimum absolute atomic E-state index is 0.0632. The first-order chi connectivity index (χ1) is 14.8. The van der Waals surface area contributed by atoms with Crippen LogP contribution < -0.4 is 10.4 Å². The SMILES string of the molecule is COc1ccc(S(=O)(=O)n2c(=O)n(CC(=O)N3CCCCC3)c3cc(Cl)ccc32)cc1. The van der Waals surface area contributed by atoms with E-state index in [2.05, 4.69) is 0 Å². The Kier molecular flexibility index (Phi) is 5.81.